The van der Waals surface area contributed by atoms with E-state index in [1.54, 1.807) is 31.4 Å². The third-order valence-corrected chi connectivity index (χ3v) is 3.95. The molecule has 5 heteroatoms. The Morgan fingerprint density at radius 2 is 1.88 bits per heavy atom. The molecule has 0 aliphatic heterocycles. The average molecular weight is 348 g/mol. The lowest BCUT2D eigenvalue weighted by molar-refractivity contribution is -0.128. The highest BCUT2D eigenvalue weighted by atomic mass is 35.5. The van der Waals surface area contributed by atoms with Crippen molar-refractivity contribution in [3.63, 3.8) is 0 Å². The van der Waals surface area contributed by atoms with Crippen LogP contribution in [0.15, 0.2) is 48.5 Å². The number of hydrogen-bond acceptors (Lipinski definition) is 3. The predicted molar refractivity (Wildman–Crippen MR) is 95.7 cm³/mol. The number of carbonyl (C=O) groups is 1. The Morgan fingerprint density at radius 3 is 2.46 bits per heavy atom. The minimum absolute atomic E-state index is 0.125. The van der Waals surface area contributed by atoms with Crippen molar-refractivity contribution in [2.75, 3.05) is 7.11 Å². The SMILES string of the molecule is CC[C@H](Oc1cccc(Cl)c1)C(=O)N[C@H](C)c1ccc(OC)cc1. The minimum atomic E-state index is -0.566. The van der Waals surface area contributed by atoms with Crippen LogP contribution in [0.5, 0.6) is 11.5 Å². The first kappa shape index (κ1) is 18.1. The van der Waals surface area contributed by atoms with Crippen LogP contribution in [0.25, 0.3) is 0 Å². The topological polar surface area (TPSA) is 47.6 Å². The minimum Gasteiger partial charge on any atom is -0.497 e. The van der Waals surface area contributed by atoms with Gasteiger partial charge in [0.25, 0.3) is 5.91 Å². The second-order valence-electron chi connectivity index (χ2n) is 5.48. The molecule has 1 amide bonds. The van der Waals surface area contributed by atoms with E-state index in [9.17, 15) is 4.79 Å². The summed E-state index contributed by atoms with van der Waals surface area (Å²) in [6.45, 7) is 3.85. The first-order valence-corrected chi connectivity index (χ1v) is 8.27. The van der Waals surface area contributed by atoms with Gasteiger partial charge in [0.2, 0.25) is 0 Å². The summed E-state index contributed by atoms with van der Waals surface area (Å²) >= 11 is 5.95. The lowest BCUT2D eigenvalue weighted by atomic mass is 10.1. The van der Waals surface area contributed by atoms with Crippen LogP contribution in [0, 0.1) is 0 Å². The van der Waals surface area contributed by atoms with E-state index in [1.165, 1.54) is 0 Å². The van der Waals surface area contributed by atoms with Crippen LogP contribution >= 0.6 is 11.6 Å². The zero-order valence-corrected chi connectivity index (χ0v) is 14.8. The van der Waals surface area contributed by atoms with Crippen LogP contribution in [0.2, 0.25) is 5.02 Å². The monoisotopic (exact) mass is 347 g/mol. The number of amides is 1. The smallest absolute Gasteiger partial charge is 0.261 e. The summed E-state index contributed by atoms with van der Waals surface area (Å²) < 4.78 is 10.9. The molecule has 4 nitrogen and oxygen atoms in total. The molecule has 2 aromatic rings. The van der Waals surface area contributed by atoms with E-state index in [0.717, 1.165) is 11.3 Å². The van der Waals surface area contributed by atoms with Gasteiger partial charge in [0, 0.05) is 5.02 Å². The van der Waals surface area contributed by atoms with Crippen molar-refractivity contribution in [2.45, 2.75) is 32.4 Å². The van der Waals surface area contributed by atoms with Gasteiger partial charge in [0.1, 0.15) is 11.5 Å². The highest BCUT2D eigenvalue weighted by molar-refractivity contribution is 6.30. The molecule has 0 saturated heterocycles. The summed E-state index contributed by atoms with van der Waals surface area (Å²) in [6.07, 6.45) is -0.00241. The molecule has 0 aliphatic carbocycles. The molecule has 0 heterocycles. The van der Waals surface area contributed by atoms with Crippen LogP contribution in [0.4, 0.5) is 0 Å². The number of carbonyl (C=O) groups excluding carboxylic acids is 1. The molecule has 0 bridgehead atoms. The van der Waals surface area contributed by atoms with Crippen LogP contribution in [0.1, 0.15) is 31.9 Å². The zero-order valence-electron chi connectivity index (χ0n) is 14.1. The molecule has 2 atom stereocenters. The van der Waals surface area contributed by atoms with E-state index >= 15 is 0 Å². The Kier molecular flexibility index (Phi) is 6.50. The van der Waals surface area contributed by atoms with Gasteiger partial charge < -0.3 is 14.8 Å². The van der Waals surface area contributed by atoms with Gasteiger partial charge in [0.05, 0.1) is 13.2 Å². The first-order chi connectivity index (χ1) is 11.5. The fourth-order valence-electron chi connectivity index (χ4n) is 2.31. The molecule has 0 radical (unpaired) electrons. The van der Waals surface area contributed by atoms with E-state index in [0.29, 0.717) is 17.2 Å². The normalized spacial score (nSPS) is 13.0. The maximum absolute atomic E-state index is 12.5. The van der Waals surface area contributed by atoms with Gasteiger partial charge >= 0.3 is 0 Å². The Bertz CT molecular complexity index is 673. The molecule has 0 unspecified atom stereocenters. The average Bonchev–Trinajstić information content (AvgIpc) is 2.59. The van der Waals surface area contributed by atoms with Crippen molar-refractivity contribution >= 4 is 17.5 Å². The van der Waals surface area contributed by atoms with Gasteiger partial charge in [-0.25, -0.2) is 0 Å². The number of ether oxygens (including phenoxy) is 2. The van der Waals surface area contributed by atoms with Gasteiger partial charge in [0.15, 0.2) is 6.10 Å². The summed E-state index contributed by atoms with van der Waals surface area (Å²) in [5.74, 6) is 1.22. The maximum Gasteiger partial charge on any atom is 0.261 e. The Balaban J connectivity index is 1.99. The van der Waals surface area contributed by atoms with E-state index < -0.39 is 6.10 Å². The molecule has 2 rings (SSSR count). The number of nitrogens with one attached hydrogen (secondary N) is 1. The van der Waals surface area contributed by atoms with E-state index in [4.69, 9.17) is 21.1 Å². The van der Waals surface area contributed by atoms with Crippen molar-refractivity contribution in [2.24, 2.45) is 0 Å². The van der Waals surface area contributed by atoms with Crippen LogP contribution in [-0.4, -0.2) is 19.1 Å². The fourth-order valence-corrected chi connectivity index (χ4v) is 2.49. The Labute approximate surface area is 147 Å². The molecule has 0 saturated carbocycles. The second-order valence-corrected chi connectivity index (χ2v) is 5.91. The molecular weight excluding hydrogens is 326 g/mol. The van der Waals surface area contributed by atoms with Gasteiger partial charge in [-0.1, -0.05) is 36.7 Å². The predicted octanol–water partition coefficient (Wildman–Crippen LogP) is 4.38. The van der Waals surface area contributed by atoms with Crippen molar-refractivity contribution in [1.82, 2.24) is 5.32 Å². The maximum atomic E-state index is 12.5. The molecule has 2 aromatic carbocycles. The summed E-state index contributed by atoms with van der Waals surface area (Å²) in [4.78, 5) is 12.5. The first-order valence-electron chi connectivity index (χ1n) is 7.90. The quantitative estimate of drug-likeness (QED) is 0.808. The molecule has 0 spiro atoms. The van der Waals surface area contributed by atoms with Crippen molar-refractivity contribution in [3.05, 3.63) is 59.1 Å². The van der Waals surface area contributed by atoms with Gasteiger partial charge in [-0.3, -0.25) is 4.79 Å². The van der Waals surface area contributed by atoms with E-state index in [1.807, 2.05) is 38.1 Å². The molecule has 0 fully saturated rings. The number of rotatable bonds is 7. The number of methoxy groups -OCH3 is 1. The van der Waals surface area contributed by atoms with E-state index in [2.05, 4.69) is 5.32 Å². The molecule has 0 aromatic heterocycles. The van der Waals surface area contributed by atoms with E-state index in [-0.39, 0.29) is 11.9 Å². The second kappa shape index (κ2) is 8.60. The number of benzene rings is 2. The molecular formula is C19H22ClNO3. The zero-order chi connectivity index (χ0) is 17.5. The molecule has 0 aliphatic rings. The lowest BCUT2D eigenvalue weighted by Crippen LogP contribution is -2.39. The van der Waals surface area contributed by atoms with Crippen molar-refractivity contribution in [3.8, 4) is 11.5 Å². The Morgan fingerprint density at radius 1 is 1.17 bits per heavy atom. The highest BCUT2D eigenvalue weighted by Gasteiger charge is 2.20. The standard InChI is InChI=1S/C19H22ClNO3/c1-4-18(24-17-7-5-6-15(20)12-17)19(22)21-13(2)14-8-10-16(23-3)11-9-14/h5-13,18H,4H2,1-3H3,(H,21,22)/t13-,18+/m1/s1. The van der Waals surface area contributed by atoms with Gasteiger partial charge in [-0.2, -0.15) is 0 Å². The van der Waals surface area contributed by atoms with Crippen molar-refractivity contribution in [1.29, 1.82) is 0 Å². The van der Waals surface area contributed by atoms with Gasteiger partial charge in [-0.15, -0.1) is 0 Å². The number of hydrogen-bond donors (Lipinski definition) is 1. The lowest BCUT2D eigenvalue weighted by Gasteiger charge is -2.21. The third kappa shape index (κ3) is 4.90. The van der Waals surface area contributed by atoms with Crippen LogP contribution < -0.4 is 14.8 Å². The number of halogens is 1. The van der Waals surface area contributed by atoms with Crippen LogP contribution in [-0.2, 0) is 4.79 Å². The summed E-state index contributed by atoms with van der Waals surface area (Å²) in [5, 5.41) is 3.56. The van der Waals surface area contributed by atoms with Gasteiger partial charge in [-0.05, 0) is 49.2 Å². The summed E-state index contributed by atoms with van der Waals surface area (Å²) in [6, 6.07) is 14.5. The van der Waals surface area contributed by atoms with Crippen LogP contribution in [0.3, 0.4) is 0 Å². The van der Waals surface area contributed by atoms with Crippen molar-refractivity contribution < 1.29 is 14.3 Å². The molecule has 1 N–H and O–H groups in total. The molecule has 24 heavy (non-hydrogen) atoms. The summed E-state index contributed by atoms with van der Waals surface area (Å²) in [7, 11) is 1.62. The highest BCUT2D eigenvalue weighted by Crippen LogP contribution is 2.20. The summed E-state index contributed by atoms with van der Waals surface area (Å²) in [5.41, 5.74) is 1.00. The Hall–Kier alpha value is -2.20. The fraction of sp³-hybridized carbons (Fsp3) is 0.316. The molecule has 128 valence electrons. The third-order valence-electron chi connectivity index (χ3n) is 3.71. The largest absolute Gasteiger partial charge is 0.497 e.